The molecule has 1 N–H and O–H groups in total. The largest absolute Gasteiger partial charge is 0.371 e. The van der Waals surface area contributed by atoms with Crippen LogP contribution in [-0.2, 0) is 27.5 Å². The zero-order valence-corrected chi connectivity index (χ0v) is 19.5. The average Bonchev–Trinajstić information content (AvgIpc) is 3.34. The number of piperazine rings is 2. The van der Waals surface area contributed by atoms with Gasteiger partial charge >= 0.3 is 0 Å². The highest BCUT2D eigenvalue weighted by Gasteiger charge is 2.45. The number of carbonyl (C=O) groups excluding carboxylic acids is 2. The van der Waals surface area contributed by atoms with Gasteiger partial charge in [-0.25, -0.2) is 9.07 Å². The fourth-order valence-corrected chi connectivity index (χ4v) is 4.61. The van der Waals surface area contributed by atoms with Crippen molar-refractivity contribution in [3.8, 4) is 5.69 Å². The molecule has 0 bridgehead atoms. The molecule has 9 heteroatoms. The number of carbonyl (C=O) groups is 2. The molecule has 35 heavy (non-hydrogen) atoms. The molecule has 8 nitrogen and oxygen atoms in total. The predicted octanol–water partition coefficient (Wildman–Crippen LogP) is 2.13. The van der Waals surface area contributed by atoms with Gasteiger partial charge in [-0.1, -0.05) is 30.3 Å². The number of ether oxygens (including phenoxy) is 1. The smallest absolute Gasteiger partial charge is 0.248 e. The van der Waals surface area contributed by atoms with Gasteiger partial charge in [0.1, 0.15) is 17.9 Å². The third-order valence-electron chi connectivity index (χ3n) is 6.57. The van der Waals surface area contributed by atoms with E-state index in [1.807, 2.05) is 43.5 Å². The van der Waals surface area contributed by atoms with E-state index in [1.165, 1.54) is 12.1 Å². The van der Waals surface area contributed by atoms with Crippen molar-refractivity contribution < 1.29 is 18.7 Å². The van der Waals surface area contributed by atoms with Crippen LogP contribution in [0.3, 0.4) is 0 Å². The molecule has 3 heterocycles. The van der Waals surface area contributed by atoms with Crippen LogP contribution in [-0.4, -0.2) is 69.2 Å². The SMILES string of the molecule is C[C@@H](OCc1ccccc1)[C@@H]1NC(=O)[C@H]2CN(Cc3cnn(-c4ccc(F)cc4)c3)CCN2C1=O. The van der Waals surface area contributed by atoms with E-state index < -0.39 is 18.2 Å². The van der Waals surface area contributed by atoms with E-state index in [2.05, 4.69) is 15.3 Å². The molecule has 0 spiro atoms. The zero-order chi connectivity index (χ0) is 24.4. The summed E-state index contributed by atoms with van der Waals surface area (Å²) in [5.41, 5.74) is 2.77. The van der Waals surface area contributed by atoms with E-state index in [0.29, 0.717) is 32.8 Å². The lowest BCUT2D eigenvalue weighted by Gasteiger charge is -2.46. The van der Waals surface area contributed by atoms with Crippen LogP contribution in [0.2, 0.25) is 0 Å². The number of nitrogens with zero attached hydrogens (tertiary/aromatic N) is 4. The van der Waals surface area contributed by atoms with Gasteiger partial charge in [0.15, 0.2) is 0 Å². The van der Waals surface area contributed by atoms with E-state index in [4.69, 9.17) is 4.74 Å². The number of aromatic nitrogens is 2. The van der Waals surface area contributed by atoms with E-state index >= 15 is 0 Å². The molecule has 2 amide bonds. The second kappa shape index (κ2) is 9.97. The van der Waals surface area contributed by atoms with Gasteiger partial charge in [0.2, 0.25) is 11.8 Å². The van der Waals surface area contributed by atoms with E-state index in [9.17, 15) is 14.0 Å². The van der Waals surface area contributed by atoms with E-state index in [0.717, 1.165) is 16.8 Å². The monoisotopic (exact) mass is 477 g/mol. The Balaban J connectivity index is 1.18. The van der Waals surface area contributed by atoms with E-state index in [1.54, 1.807) is 27.9 Å². The van der Waals surface area contributed by atoms with Crippen molar-refractivity contribution in [1.82, 2.24) is 24.9 Å². The number of benzene rings is 2. The van der Waals surface area contributed by atoms with Gasteiger partial charge in [0.25, 0.3) is 0 Å². The van der Waals surface area contributed by atoms with Crippen molar-refractivity contribution in [2.24, 2.45) is 0 Å². The lowest BCUT2D eigenvalue weighted by atomic mass is 10.0. The van der Waals surface area contributed by atoms with Gasteiger partial charge in [-0.2, -0.15) is 5.10 Å². The Kier molecular flexibility index (Phi) is 6.61. The van der Waals surface area contributed by atoms with Crippen molar-refractivity contribution >= 4 is 11.8 Å². The second-order valence-electron chi connectivity index (χ2n) is 9.04. The average molecular weight is 478 g/mol. The van der Waals surface area contributed by atoms with Crippen molar-refractivity contribution in [3.63, 3.8) is 0 Å². The molecule has 2 fully saturated rings. The Bertz CT molecular complexity index is 1180. The highest BCUT2D eigenvalue weighted by Crippen LogP contribution is 2.21. The van der Waals surface area contributed by atoms with Crippen molar-refractivity contribution in [1.29, 1.82) is 0 Å². The van der Waals surface area contributed by atoms with Gasteiger partial charge in [0.05, 0.1) is 24.6 Å². The van der Waals surface area contributed by atoms with Gasteiger partial charge in [-0.15, -0.1) is 0 Å². The van der Waals surface area contributed by atoms with Crippen LogP contribution in [0, 0.1) is 5.82 Å². The lowest BCUT2D eigenvalue weighted by molar-refractivity contribution is -0.157. The molecule has 0 unspecified atom stereocenters. The Hall–Kier alpha value is -3.56. The molecule has 0 radical (unpaired) electrons. The van der Waals surface area contributed by atoms with Crippen LogP contribution >= 0.6 is 0 Å². The number of hydrogen-bond acceptors (Lipinski definition) is 5. The molecule has 2 aliphatic rings. The molecular formula is C26H28FN5O3. The first-order valence-corrected chi connectivity index (χ1v) is 11.8. The summed E-state index contributed by atoms with van der Waals surface area (Å²) < 4.78 is 20.8. The maximum Gasteiger partial charge on any atom is 0.248 e. The number of hydrogen-bond donors (Lipinski definition) is 1. The molecular weight excluding hydrogens is 449 g/mol. The first kappa shape index (κ1) is 23.2. The number of halogens is 1. The third kappa shape index (κ3) is 5.11. The first-order chi connectivity index (χ1) is 17.0. The summed E-state index contributed by atoms with van der Waals surface area (Å²) in [5, 5.41) is 7.26. The summed E-state index contributed by atoms with van der Waals surface area (Å²) in [4.78, 5) is 30.0. The minimum absolute atomic E-state index is 0.0982. The van der Waals surface area contributed by atoms with Crippen LogP contribution in [0.1, 0.15) is 18.1 Å². The molecule has 182 valence electrons. The summed E-state index contributed by atoms with van der Waals surface area (Å²) in [5.74, 6) is -0.547. The van der Waals surface area contributed by atoms with Gasteiger partial charge in [-0.3, -0.25) is 14.5 Å². The normalized spacial score (nSPS) is 21.5. The second-order valence-corrected chi connectivity index (χ2v) is 9.04. The Morgan fingerprint density at radius 3 is 2.63 bits per heavy atom. The number of nitrogens with one attached hydrogen (secondary N) is 1. The number of rotatable bonds is 7. The molecule has 2 aliphatic heterocycles. The molecule has 5 rings (SSSR count). The Morgan fingerprint density at radius 2 is 1.86 bits per heavy atom. The molecule has 1 aromatic heterocycles. The van der Waals surface area contributed by atoms with Crippen LogP contribution in [0.25, 0.3) is 5.69 Å². The van der Waals surface area contributed by atoms with Crippen LogP contribution in [0.4, 0.5) is 4.39 Å². The third-order valence-corrected chi connectivity index (χ3v) is 6.57. The highest BCUT2D eigenvalue weighted by molar-refractivity contribution is 5.97. The van der Waals surface area contributed by atoms with Gasteiger partial charge in [0, 0.05) is 37.9 Å². The number of fused-ring (bicyclic) bond motifs is 1. The quantitative estimate of drug-likeness (QED) is 0.564. The first-order valence-electron chi connectivity index (χ1n) is 11.8. The van der Waals surface area contributed by atoms with Crippen LogP contribution in [0.15, 0.2) is 67.0 Å². The van der Waals surface area contributed by atoms with Gasteiger partial charge in [-0.05, 0) is 36.8 Å². The Morgan fingerprint density at radius 1 is 1.09 bits per heavy atom. The maximum absolute atomic E-state index is 13.2. The molecule has 3 atom stereocenters. The summed E-state index contributed by atoms with van der Waals surface area (Å²) >= 11 is 0. The van der Waals surface area contributed by atoms with Crippen LogP contribution < -0.4 is 5.32 Å². The topological polar surface area (TPSA) is 79.7 Å². The minimum atomic E-state index is -0.692. The molecule has 0 aliphatic carbocycles. The lowest BCUT2D eigenvalue weighted by Crippen LogP contribution is -2.71. The summed E-state index contributed by atoms with van der Waals surface area (Å²) in [6.07, 6.45) is 3.22. The predicted molar refractivity (Wildman–Crippen MR) is 127 cm³/mol. The van der Waals surface area contributed by atoms with Gasteiger partial charge < -0.3 is 15.0 Å². The van der Waals surface area contributed by atoms with Crippen molar-refractivity contribution in [2.45, 2.75) is 38.3 Å². The molecule has 0 saturated carbocycles. The summed E-state index contributed by atoms with van der Waals surface area (Å²) in [7, 11) is 0. The fourth-order valence-electron chi connectivity index (χ4n) is 4.61. The Labute approximate surface area is 203 Å². The van der Waals surface area contributed by atoms with E-state index in [-0.39, 0.29) is 17.6 Å². The maximum atomic E-state index is 13.2. The zero-order valence-electron chi connectivity index (χ0n) is 19.5. The summed E-state index contributed by atoms with van der Waals surface area (Å²) in [6, 6.07) is 14.7. The fraction of sp³-hybridized carbons (Fsp3) is 0.346. The molecule has 2 aromatic carbocycles. The molecule has 2 saturated heterocycles. The molecule has 3 aromatic rings. The van der Waals surface area contributed by atoms with Crippen LogP contribution in [0.5, 0.6) is 0 Å². The summed E-state index contributed by atoms with van der Waals surface area (Å²) in [6.45, 7) is 4.39. The number of amides is 2. The van der Waals surface area contributed by atoms with Crippen molar-refractivity contribution in [2.75, 3.05) is 19.6 Å². The minimum Gasteiger partial charge on any atom is -0.371 e. The van der Waals surface area contributed by atoms with Crippen molar-refractivity contribution in [3.05, 3.63) is 83.9 Å². The standard InChI is InChI=1S/C26H28FN5O3/c1-18(35-17-19-5-3-2-4-6-19)24-26(34)31-12-11-30(16-23(31)25(33)29-24)14-20-13-28-32(15-20)22-9-7-21(27)8-10-22/h2-10,13,15,18,23-24H,11-12,14,16-17H2,1H3,(H,29,33)/t18-,23-,24+/m1/s1. The highest BCUT2D eigenvalue weighted by atomic mass is 19.1.